The molecule has 0 radical (unpaired) electrons. The number of nitrogens with one attached hydrogen (secondary N) is 2. The van der Waals surface area contributed by atoms with Crippen molar-refractivity contribution >= 4 is 27.5 Å². The lowest BCUT2D eigenvalue weighted by Gasteiger charge is -2.16. The number of hydrazine groups is 1. The Balaban J connectivity index is 1.71. The molecule has 1 unspecified atom stereocenters. The summed E-state index contributed by atoms with van der Waals surface area (Å²) in [6.07, 6.45) is -0.122. The smallest absolute Gasteiger partial charge is 0.253 e. The highest BCUT2D eigenvalue weighted by atomic mass is 32.2. The van der Waals surface area contributed by atoms with E-state index in [1.807, 2.05) is 13.8 Å². The van der Waals surface area contributed by atoms with E-state index in [4.69, 9.17) is 0 Å². The molecule has 1 saturated heterocycles. The summed E-state index contributed by atoms with van der Waals surface area (Å²) in [5.41, 5.74) is 4.89. The van der Waals surface area contributed by atoms with Crippen LogP contribution in [0.3, 0.4) is 0 Å². The van der Waals surface area contributed by atoms with Gasteiger partial charge >= 0.3 is 0 Å². The van der Waals surface area contributed by atoms with Crippen molar-refractivity contribution in [2.24, 2.45) is 0 Å². The largest absolute Gasteiger partial charge is 0.274 e. The molecule has 2 amide bonds. The molecule has 136 valence electrons. The van der Waals surface area contributed by atoms with E-state index >= 15 is 0 Å². The van der Waals surface area contributed by atoms with Crippen molar-refractivity contribution in [1.82, 2.24) is 10.3 Å². The molecule has 2 aromatic rings. The molecule has 0 spiro atoms. The summed E-state index contributed by atoms with van der Waals surface area (Å²) < 4.78 is 24.6. The second kappa shape index (κ2) is 6.99. The number of imide groups is 1. The Morgan fingerprint density at radius 2 is 1.46 bits per heavy atom. The van der Waals surface area contributed by atoms with Gasteiger partial charge in [0.05, 0.1) is 17.0 Å². The second-order valence-electron chi connectivity index (χ2n) is 6.22. The van der Waals surface area contributed by atoms with Crippen LogP contribution in [0, 0.1) is 13.8 Å². The predicted molar refractivity (Wildman–Crippen MR) is 96.7 cm³/mol. The average Bonchev–Trinajstić information content (AvgIpc) is 2.88. The number of benzene rings is 2. The molecule has 0 saturated carbocycles. The maximum absolute atomic E-state index is 12.5. The minimum absolute atomic E-state index is 0.0720. The van der Waals surface area contributed by atoms with Crippen molar-refractivity contribution in [2.75, 3.05) is 4.90 Å². The van der Waals surface area contributed by atoms with Gasteiger partial charge in [-0.1, -0.05) is 35.4 Å². The van der Waals surface area contributed by atoms with E-state index in [-0.39, 0.29) is 17.2 Å². The molecule has 1 aliphatic heterocycles. The van der Waals surface area contributed by atoms with Crippen LogP contribution in [0.2, 0.25) is 0 Å². The molecule has 1 heterocycles. The Hall–Kier alpha value is -2.55. The van der Waals surface area contributed by atoms with Gasteiger partial charge in [-0.25, -0.2) is 18.7 Å². The van der Waals surface area contributed by atoms with Gasteiger partial charge < -0.3 is 0 Å². The molecule has 2 N–H and O–H groups in total. The van der Waals surface area contributed by atoms with Gasteiger partial charge in [0.25, 0.3) is 15.9 Å². The van der Waals surface area contributed by atoms with Gasteiger partial charge in [0, 0.05) is 0 Å². The van der Waals surface area contributed by atoms with E-state index < -0.39 is 22.0 Å². The number of nitrogens with zero attached hydrogens (tertiary/aromatic N) is 1. The van der Waals surface area contributed by atoms with Gasteiger partial charge in [-0.15, -0.1) is 4.83 Å². The molecule has 1 fully saturated rings. The lowest BCUT2D eigenvalue weighted by atomic mass is 10.2. The highest BCUT2D eigenvalue weighted by molar-refractivity contribution is 7.89. The highest BCUT2D eigenvalue weighted by Gasteiger charge is 2.40. The monoisotopic (exact) mass is 373 g/mol. The summed E-state index contributed by atoms with van der Waals surface area (Å²) in [5.74, 6) is -0.878. The second-order valence-corrected chi connectivity index (χ2v) is 7.90. The first kappa shape index (κ1) is 18.2. The van der Waals surface area contributed by atoms with Crippen LogP contribution in [0.1, 0.15) is 17.5 Å². The number of rotatable bonds is 5. The van der Waals surface area contributed by atoms with Crippen LogP contribution in [0.15, 0.2) is 53.4 Å². The van der Waals surface area contributed by atoms with Crippen LogP contribution in [0.4, 0.5) is 5.69 Å². The summed E-state index contributed by atoms with van der Waals surface area (Å²) in [4.78, 5) is 28.0. The Morgan fingerprint density at radius 3 is 2.04 bits per heavy atom. The fourth-order valence-electron chi connectivity index (χ4n) is 2.63. The van der Waals surface area contributed by atoms with E-state index in [0.29, 0.717) is 5.69 Å². The predicted octanol–water partition coefficient (Wildman–Crippen LogP) is 1.42. The maximum Gasteiger partial charge on any atom is 0.253 e. The van der Waals surface area contributed by atoms with Crippen LogP contribution < -0.4 is 15.2 Å². The van der Waals surface area contributed by atoms with E-state index in [9.17, 15) is 18.0 Å². The quantitative estimate of drug-likeness (QED) is 0.610. The number of aryl methyl sites for hydroxylation is 2. The Morgan fingerprint density at radius 1 is 0.923 bits per heavy atom. The number of sulfonamides is 1. The number of hydrogen-bond donors (Lipinski definition) is 2. The number of carbonyl (C=O) groups is 2. The summed E-state index contributed by atoms with van der Waals surface area (Å²) >= 11 is 0. The third kappa shape index (κ3) is 3.67. The third-order valence-corrected chi connectivity index (χ3v) is 5.42. The van der Waals surface area contributed by atoms with Gasteiger partial charge in [-0.3, -0.25) is 9.59 Å². The van der Waals surface area contributed by atoms with E-state index in [2.05, 4.69) is 10.3 Å². The van der Waals surface area contributed by atoms with Crippen LogP contribution in [0.5, 0.6) is 0 Å². The van der Waals surface area contributed by atoms with Gasteiger partial charge in [0.1, 0.15) is 6.04 Å². The molecular weight excluding hydrogens is 354 g/mol. The van der Waals surface area contributed by atoms with Crippen LogP contribution >= 0.6 is 0 Å². The average molecular weight is 373 g/mol. The fourth-order valence-corrected chi connectivity index (χ4v) is 3.54. The maximum atomic E-state index is 12.5. The SMILES string of the molecule is Cc1ccc(N2C(=O)CC(NNS(=O)(=O)c3ccc(C)cc3)C2=O)cc1. The first-order valence-corrected chi connectivity index (χ1v) is 9.54. The lowest BCUT2D eigenvalue weighted by molar-refractivity contribution is -0.121. The van der Waals surface area contributed by atoms with Crippen molar-refractivity contribution in [3.63, 3.8) is 0 Å². The van der Waals surface area contributed by atoms with E-state index in [1.54, 1.807) is 36.4 Å². The Kier molecular flexibility index (Phi) is 4.90. The van der Waals surface area contributed by atoms with Crippen LogP contribution in [-0.4, -0.2) is 26.3 Å². The van der Waals surface area contributed by atoms with Crippen molar-refractivity contribution in [1.29, 1.82) is 0 Å². The first-order valence-electron chi connectivity index (χ1n) is 8.05. The summed E-state index contributed by atoms with van der Waals surface area (Å²) in [5, 5.41) is 0. The van der Waals surface area contributed by atoms with E-state index in [1.165, 1.54) is 12.1 Å². The molecule has 1 atom stereocenters. The number of hydrogen-bond acceptors (Lipinski definition) is 5. The van der Waals surface area contributed by atoms with Gasteiger partial charge in [0.15, 0.2) is 0 Å². The van der Waals surface area contributed by atoms with Gasteiger partial charge in [0.2, 0.25) is 5.91 Å². The minimum Gasteiger partial charge on any atom is -0.274 e. The van der Waals surface area contributed by atoms with Crippen LogP contribution in [-0.2, 0) is 19.6 Å². The molecule has 1 aliphatic rings. The highest BCUT2D eigenvalue weighted by Crippen LogP contribution is 2.23. The van der Waals surface area contributed by atoms with Crippen molar-refractivity contribution in [3.8, 4) is 0 Å². The normalized spacial score (nSPS) is 17.8. The summed E-state index contributed by atoms with van der Waals surface area (Å²) in [6, 6.07) is 12.3. The lowest BCUT2D eigenvalue weighted by Crippen LogP contribution is -2.48. The van der Waals surface area contributed by atoms with Crippen molar-refractivity contribution in [2.45, 2.75) is 31.2 Å². The molecule has 26 heavy (non-hydrogen) atoms. The number of amides is 2. The zero-order valence-corrected chi connectivity index (χ0v) is 15.2. The van der Waals surface area contributed by atoms with Crippen molar-refractivity contribution < 1.29 is 18.0 Å². The molecule has 7 nitrogen and oxygen atoms in total. The molecule has 3 rings (SSSR count). The molecule has 8 heteroatoms. The molecular formula is C18H19N3O4S. The number of anilines is 1. The first-order chi connectivity index (χ1) is 12.3. The molecule has 2 aromatic carbocycles. The topological polar surface area (TPSA) is 95.6 Å². The Labute approximate surface area is 152 Å². The summed E-state index contributed by atoms with van der Waals surface area (Å²) in [7, 11) is -3.84. The molecule has 0 aliphatic carbocycles. The van der Waals surface area contributed by atoms with Crippen molar-refractivity contribution in [3.05, 3.63) is 59.7 Å². The zero-order chi connectivity index (χ0) is 18.9. The van der Waals surface area contributed by atoms with Crippen LogP contribution in [0.25, 0.3) is 0 Å². The Bertz CT molecular complexity index is 937. The standard InChI is InChI=1S/C18H19N3O4S/c1-12-3-7-14(8-4-12)21-17(22)11-16(18(21)23)19-20-26(24,25)15-9-5-13(2)6-10-15/h3-10,16,19-20H,11H2,1-2H3. The minimum atomic E-state index is -3.84. The van der Waals surface area contributed by atoms with Gasteiger partial charge in [-0.2, -0.15) is 0 Å². The number of carbonyl (C=O) groups excluding carboxylic acids is 2. The third-order valence-electron chi connectivity index (χ3n) is 4.14. The van der Waals surface area contributed by atoms with Gasteiger partial charge in [-0.05, 0) is 38.1 Å². The fraction of sp³-hybridized carbons (Fsp3) is 0.222. The molecule has 0 aromatic heterocycles. The zero-order valence-electron chi connectivity index (χ0n) is 14.4. The summed E-state index contributed by atoms with van der Waals surface area (Å²) in [6.45, 7) is 3.76. The molecule has 0 bridgehead atoms. The van der Waals surface area contributed by atoms with E-state index in [0.717, 1.165) is 16.0 Å².